The number of aromatic nitrogens is 2. The van der Waals surface area contributed by atoms with Crippen molar-refractivity contribution in [3.05, 3.63) is 115 Å². The molecule has 0 N–H and O–H groups in total. The van der Waals surface area contributed by atoms with Crippen molar-refractivity contribution in [1.82, 2.24) is 9.55 Å². The first-order valence-electron chi connectivity index (χ1n) is 8.09. The van der Waals surface area contributed by atoms with Gasteiger partial charge in [0.1, 0.15) is 0 Å². The van der Waals surface area contributed by atoms with Crippen LogP contribution in [0.3, 0.4) is 0 Å². The van der Waals surface area contributed by atoms with Gasteiger partial charge in [-0.15, -0.1) is 0 Å². The molecule has 2 heteroatoms. The number of benzene rings is 3. The molecule has 0 aliphatic rings. The number of hydrogen-bond donors (Lipinski definition) is 0. The first-order valence-corrected chi connectivity index (χ1v) is 8.09. The fourth-order valence-electron chi connectivity index (χ4n) is 3.08. The first kappa shape index (κ1) is 14.5. The van der Waals surface area contributed by atoms with E-state index >= 15 is 0 Å². The summed E-state index contributed by atoms with van der Waals surface area (Å²) in [5.74, 6) is 0. The molecule has 2 nitrogen and oxygen atoms in total. The summed E-state index contributed by atoms with van der Waals surface area (Å²) in [7, 11) is 0. The molecule has 4 aromatic rings. The summed E-state index contributed by atoms with van der Waals surface area (Å²) in [6.07, 6.45) is 5.72. The predicted molar refractivity (Wildman–Crippen MR) is 97.8 cm³/mol. The van der Waals surface area contributed by atoms with Gasteiger partial charge in [0.2, 0.25) is 0 Å². The predicted octanol–water partition coefficient (Wildman–Crippen LogP) is 5.19. The molecule has 116 valence electrons. The van der Waals surface area contributed by atoms with E-state index in [-0.39, 0.29) is 6.04 Å². The molecule has 0 saturated heterocycles. The Morgan fingerprint density at radius 3 is 1.83 bits per heavy atom. The van der Waals surface area contributed by atoms with Gasteiger partial charge < -0.3 is 4.57 Å². The van der Waals surface area contributed by atoms with Crippen LogP contribution in [0, 0.1) is 0 Å². The maximum atomic E-state index is 4.22. The zero-order valence-corrected chi connectivity index (χ0v) is 13.3. The molecular formula is C22H18N2. The SMILES string of the molecule is c1ccc(-c2ccc([C@H](c3ccccc3)n3ccnc3)cc2)cc1. The van der Waals surface area contributed by atoms with E-state index in [0.29, 0.717) is 0 Å². The molecule has 0 radical (unpaired) electrons. The van der Waals surface area contributed by atoms with Crippen molar-refractivity contribution >= 4 is 0 Å². The van der Waals surface area contributed by atoms with Crippen LogP contribution < -0.4 is 0 Å². The summed E-state index contributed by atoms with van der Waals surface area (Å²) in [5.41, 5.74) is 4.97. The lowest BCUT2D eigenvalue weighted by Gasteiger charge is -2.20. The Morgan fingerprint density at radius 2 is 1.21 bits per heavy atom. The van der Waals surface area contributed by atoms with Crippen LogP contribution in [-0.4, -0.2) is 9.55 Å². The minimum Gasteiger partial charge on any atom is -0.326 e. The molecule has 1 heterocycles. The lowest BCUT2D eigenvalue weighted by molar-refractivity contribution is 0.677. The molecule has 0 bridgehead atoms. The van der Waals surface area contributed by atoms with Crippen LogP contribution in [0.5, 0.6) is 0 Å². The van der Waals surface area contributed by atoms with Gasteiger partial charge >= 0.3 is 0 Å². The van der Waals surface area contributed by atoms with Gasteiger partial charge in [0, 0.05) is 12.4 Å². The summed E-state index contributed by atoms with van der Waals surface area (Å²) in [5, 5.41) is 0. The Balaban J connectivity index is 1.74. The normalized spacial score (nSPS) is 12.0. The van der Waals surface area contributed by atoms with Crippen LogP contribution >= 0.6 is 0 Å². The second kappa shape index (κ2) is 6.55. The molecule has 1 aromatic heterocycles. The summed E-state index contributed by atoms with van der Waals surface area (Å²) >= 11 is 0. The molecule has 1 atom stereocenters. The van der Waals surface area contributed by atoms with E-state index in [1.54, 1.807) is 0 Å². The Hall–Kier alpha value is -3.13. The minimum atomic E-state index is 0.138. The molecule has 0 amide bonds. The van der Waals surface area contributed by atoms with Gasteiger partial charge in [-0.1, -0.05) is 84.9 Å². The standard InChI is InChI=1S/C22H18N2/c1-3-7-18(8-4-1)19-11-13-21(14-12-19)22(24-16-15-23-17-24)20-9-5-2-6-10-20/h1-17,22H/t22-/m0/s1. The fraction of sp³-hybridized carbons (Fsp3) is 0.0455. The summed E-state index contributed by atoms with van der Waals surface area (Å²) in [6, 6.07) is 29.9. The van der Waals surface area contributed by atoms with Crippen LogP contribution in [0.2, 0.25) is 0 Å². The quantitative estimate of drug-likeness (QED) is 0.507. The molecule has 0 saturated carbocycles. The molecule has 4 rings (SSSR count). The lowest BCUT2D eigenvalue weighted by Crippen LogP contribution is -2.10. The van der Waals surface area contributed by atoms with Crippen LogP contribution in [0.25, 0.3) is 11.1 Å². The van der Waals surface area contributed by atoms with Gasteiger partial charge in [-0.25, -0.2) is 4.98 Å². The van der Waals surface area contributed by atoms with Crippen LogP contribution in [0.4, 0.5) is 0 Å². The van der Waals surface area contributed by atoms with E-state index in [4.69, 9.17) is 0 Å². The summed E-state index contributed by atoms with van der Waals surface area (Å²) in [6.45, 7) is 0. The number of nitrogens with zero attached hydrogens (tertiary/aromatic N) is 2. The van der Waals surface area contributed by atoms with Gasteiger partial charge in [0.25, 0.3) is 0 Å². The van der Waals surface area contributed by atoms with Crippen molar-refractivity contribution in [2.24, 2.45) is 0 Å². The van der Waals surface area contributed by atoms with Crippen molar-refractivity contribution in [3.63, 3.8) is 0 Å². The Labute approximate surface area is 142 Å². The van der Waals surface area contributed by atoms with E-state index in [9.17, 15) is 0 Å². The van der Waals surface area contributed by atoms with Crippen molar-refractivity contribution < 1.29 is 0 Å². The van der Waals surface area contributed by atoms with Crippen LogP contribution in [-0.2, 0) is 0 Å². The minimum absolute atomic E-state index is 0.138. The van der Waals surface area contributed by atoms with E-state index in [2.05, 4.69) is 82.3 Å². The highest BCUT2D eigenvalue weighted by Gasteiger charge is 2.15. The Kier molecular flexibility index (Phi) is 3.95. The third-order valence-corrected chi connectivity index (χ3v) is 4.27. The monoisotopic (exact) mass is 310 g/mol. The Bertz CT molecular complexity index is 880. The molecule has 0 aliphatic carbocycles. The smallest absolute Gasteiger partial charge is 0.0954 e. The van der Waals surface area contributed by atoms with Gasteiger partial charge in [-0.2, -0.15) is 0 Å². The number of imidazole rings is 1. The third kappa shape index (κ3) is 2.86. The topological polar surface area (TPSA) is 17.8 Å². The van der Waals surface area contributed by atoms with Gasteiger partial charge in [-0.05, 0) is 22.3 Å². The van der Waals surface area contributed by atoms with Crippen molar-refractivity contribution in [3.8, 4) is 11.1 Å². The van der Waals surface area contributed by atoms with Gasteiger partial charge in [0.15, 0.2) is 0 Å². The summed E-state index contributed by atoms with van der Waals surface area (Å²) in [4.78, 5) is 4.22. The Morgan fingerprint density at radius 1 is 0.625 bits per heavy atom. The molecule has 3 aromatic carbocycles. The number of rotatable bonds is 4. The van der Waals surface area contributed by atoms with E-state index in [1.807, 2.05) is 30.9 Å². The van der Waals surface area contributed by atoms with E-state index in [0.717, 1.165) is 0 Å². The molecule has 0 fully saturated rings. The maximum Gasteiger partial charge on any atom is 0.0954 e. The summed E-state index contributed by atoms with van der Waals surface area (Å²) < 4.78 is 2.15. The largest absolute Gasteiger partial charge is 0.326 e. The van der Waals surface area contributed by atoms with Crippen molar-refractivity contribution in [2.75, 3.05) is 0 Å². The van der Waals surface area contributed by atoms with Gasteiger partial charge in [-0.3, -0.25) is 0 Å². The lowest BCUT2D eigenvalue weighted by atomic mass is 9.96. The average Bonchev–Trinajstić information content (AvgIpc) is 3.18. The number of hydrogen-bond acceptors (Lipinski definition) is 1. The molecule has 24 heavy (non-hydrogen) atoms. The highest BCUT2D eigenvalue weighted by atomic mass is 15.0. The highest BCUT2D eigenvalue weighted by molar-refractivity contribution is 5.63. The second-order valence-corrected chi connectivity index (χ2v) is 5.81. The van der Waals surface area contributed by atoms with E-state index in [1.165, 1.54) is 22.3 Å². The zero-order chi connectivity index (χ0) is 16.2. The maximum absolute atomic E-state index is 4.22. The zero-order valence-electron chi connectivity index (χ0n) is 13.3. The highest BCUT2D eigenvalue weighted by Crippen LogP contribution is 2.28. The fourth-order valence-corrected chi connectivity index (χ4v) is 3.08. The average molecular weight is 310 g/mol. The molecule has 0 unspecified atom stereocenters. The van der Waals surface area contributed by atoms with E-state index < -0.39 is 0 Å². The van der Waals surface area contributed by atoms with Gasteiger partial charge in [0.05, 0.1) is 12.4 Å². The van der Waals surface area contributed by atoms with Crippen molar-refractivity contribution in [1.29, 1.82) is 0 Å². The molecular weight excluding hydrogens is 292 g/mol. The van der Waals surface area contributed by atoms with Crippen LogP contribution in [0.1, 0.15) is 17.2 Å². The third-order valence-electron chi connectivity index (χ3n) is 4.27. The molecule has 0 spiro atoms. The molecule has 0 aliphatic heterocycles. The van der Waals surface area contributed by atoms with Crippen molar-refractivity contribution in [2.45, 2.75) is 6.04 Å². The first-order chi connectivity index (χ1) is 11.9. The van der Waals surface area contributed by atoms with Crippen LogP contribution in [0.15, 0.2) is 104 Å². The second-order valence-electron chi connectivity index (χ2n) is 5.81.